The molecule has 3 N–H and O–H groups in total. The lowest BCUT2D eigenvalue weighted by atomic mass is 10.0. The molecule has 1 aromatic heterocycles. The zero-order chi connectivity index (χ0) is 14.5. The molecule has 0 unspecified atom stereocenters. The molecule has 1 aliphatic carbocycles. The maximum absolute atomic E-state index is 6.01. The lowest BCUT2D eigenvalue weighted by molar-refractivity contribution is 0.457. The summed E-state index contributed by atoms with van der Waals surface area (Å²) in [5.41, 5.74) is 8.76. The zero-order valence-corrected chi connectivity index (χ0v) is 12.7. The number of nitrogens with one attached hydrogen (secondary N) is 1. The number of anilines is 2. The normalized spacial score (nSPS) is 20.0. The number of nitrogens with zero attached hydrogens (tertiary/aromatic N) is 1. The van der Waals surface area contributed by atoms with Gasteiger partial charge >= 0.3 is 0 Å². The fourth-order valence-electron chi connectivity index (χ4n) is 3.42. The number of aromatic nitrogens is 1. The molecule has 0 atom stereocenters. The monoisotopic (exact) mass is 269 g/mol. The van der Waals surface area contributed by atoms with Crippen LogP contribution in [0, 0.1) is 16.7 Å². The third-order valence-corrected chi connectivity index (χ3v) is 5.67. The molecule has 2 aromatic rings. The summed E-state index contributed by atoms with van der Waals surface area (Å²) in [7, 11) is 0. The van der Waals surface area contributed by atoms with Crippen molar-refractivity contribution in [1.82, 2.24) is 4.98 Å². The number of fused-ring (bicyclic) bond motifs is 1. The second-order valence-corrected chi connectivity index (χ2v) is 7.00. The summed E-state index contributed by atoms with van der Waals surface area (Å²) >= 11 is 0. The summed E-state index contributed by atoms with van der Waals surface area (Å²) in [6.45, 7) is 10.4. The van der Waals surface area contributed by atoms with Crippen LogP contribution in [0.2, 0.25) is 0 Å². The Kier molecular flexibility index (Phi) is 2.72. The van der Waals surface area contributed by atoms with Crippen molar-refractivity contribution in [1.29, 1.82) is 0 Å². The van der Waals surface area contributed by atoms with Crippen molar-refractivity contribution in [3.05, 3.63) is 30.6 Å². The fourth-order valence-corrected chi connectivity index (χ4v) is 3.42. The first-order valence-corrected chi connectivity index (χ1v) is 7.22. The zero-order valence-electron chi connectivity index (χ0n) is 12.7. The van der Waals surface area contributed by atoms with Crippen LogP contribution in [0.25, 0.3) is 10.8 Å². The summed E-state index contributed by atoms with van der Waals surface area (Å²) in [5, 5.41) is 5.77. The minimum Gasteiger partial charge on any atom is -0.398 e. The van der Waals surface area contributed by atoms with E-state index < -0.39 is 0 Å². The Bertz CT molecular complexity index is 644. The number of rotatable bonds is 3. The van der Waals surface area contributed by atoms with E-state index in [1.165, 1.54) is 0 Å². The SMILES string of the molecule is CC1(C)C(CNc2ccc(N)c3cnccc23)C1(C)C. The second-order valence-electron chi connectivity index (χ2n) is 7.00. The maximum atomic E-state index is 6.01. The molecular weight excluding hydrogens is 246 g/mol. The van der Waals surface area contributed by atoms with Gasteiger partial charge in [-0.25, -0.2) is 0 Å². The molecule has 0 saturated heterocycles. The van der Waals surface area contributed by atoms with E-state index in [-0.39, 0.29) is 0 Å². The Morgan fingerprint density at radius 3 is 2.45 bits per heavy atom. The van der Waals surface area contributed by atoms with Crippen LogP contribution in [-0.4, -0.2) is 11.5 Å². The van der Waals surface area contributed by atoms with E-state index in [4.69, 9.17) is 5.73 Å². The van der Waals surface area contributed by atoms with Gasteiger partial charge < -0.3 is 11.1 Å². The molecule has 1 aromatic carbocycles. The molecule has 3 nitrogen and oxygen atoms in total. The standard InChI is InChI=1S/C17H23N3/c1-16(2)15(17(16,3)4)10-20-14-6-5-13(18)12-9-19-8-7-11(12)14/h5-9,15,20H,10,18H2,1-4H3. The van der Waals surface area contributed by atoms with E-state index in [9.17, 15) is 0 Å². The molecule has 1 aliphatic rings. The van der Waals surface area contributed by atoms with Gasteiger partial charge in [0.15, 0.2) is 0 Å². The van der Waals surface area contributed by atoms with Crippen LogP contribution in [0.15, 0.2) is 30.6 Å². The van der Waals surface area contributed by atoms with Crippen LogP contribution in [-0.2, 0) is 0 Å². The number of pyridine rings is 1. The average Bonchev–Trinajstić information content (AvgIpc) is 2.80. The largest absolute Gasteiger partial charge is 0.398 e. The van der Waals surface area contributed by atoms with Gasteiger partial charge in [-0.3, -0.25) is 4.98 Å². The van der Waals surface area contributed by atoms with E-state index >= 15 is 0 Å². The van der Waals surface area contributed by atoms with Crippen molar-refractivity contribution in [3.63, 3.8) is 0 Å². The molecule has 0 amide bonds. The number of hydrogen-bond donors (Lipinski definition) is 2. The van der Waals surface area contributed by atoms with Crippen LogP contribution in [0.4, 0.5) is 11.4 Å². The van der Waals surface area contributed by atoms with Crippen molar-refractivity contribution < 1.29 is 0 Å². The van der Waals surface area contributed by atoms with Gasteiger partial charge in [-0.15, -0.1) is 0 Å². The summed E-state index contributed by atoms with van der Waals surface area (Å²) < 4.78 is 0. The Hall–Kier alpha value is -1.77. The third kappa shape index (κ3) is 1.76. The second kappa shape index (κ2) is 4.11. The van der Waals surface area contributed by atoms with Crippen molar-refractivity contribution in [2.75, 3.05) is 17.6 Å². The summed E-state index contributed by atoms with van der Waals surface area (Å²) in [6.07, 6.45) is 3.65. The predicted molar refractivity (Wildman–Crippen MR) is 85.7 cm³/mol. The van der Waals surface area contributed by atoms with Gasteiger partial charge in [0.2, 0.25) is 0 Å². The van der Waals surface area contributed by atoms with E-state index in [1.807, 2.05) is 24.5 Å². The highest BCUT2D eigenvalue weighted by atomic mass is 14.9. The Morgan fingerprint density at radius 2 is 1.80 bits per heavy atom. The molecule has 3 heteroatoms. The molecule has 0 radical (unpaired) electrons. The van der Waals surface area contributed by atoms with Crippen LogP contribution in [0.5, 0.6) is 0 Å². The van der Waals surface area contributed by atoms with Crippen LogP contribution in [0.1, 0.15) is 27.7 Å². The Labute approximate surface area is 120 Å². The topological polar surface area (TPSA) is 50.9 Å². The fraction of sp³-hybridized carbons (Fsp3) is 0.471. The predicted octanol–water partition coefficient (Wildman–Crippen LogP) is 3.91. The highest BCUT2D eigenvalue weighted by Gasteiger charge is 2.63. The summed E-state index contributed by atoms with van der Waals surface area (Å²) in [4.78, 5) is 4.16. The van der Waals surface area contributed by atoms with E-state index in [0.717, 1.165) is 28.7 Å². The van der Waals surface area contributed by atoms with Gasteiger partial charge in [-0.1, -0.05) is 27.7 Å². The van der Waals surface area contributed by atoms with Crippen molar-refractivity contribution in [2.45, 2.75) is 27.7 Å². The molecule has 3 rings (SSSR count). The quantitative estimate of drug-likeness (QED) is 0.831. The summed E-state index contributed by atoms with van der Waals surface area (Å²) in [5.74, 6) is 0.699. The first kappa shape index (κ1) is 13.2. The van der Waals surface area contributed by atoms with Gasteiger partial charge in [0.25, 0.3) is 0 Å². The van der Waals surface area contributed by atoms with Gasteiger partial charge in [-0.05, 0) is 34.9 Å². The maximum Gasteiger partial charge on any atom is 0.0422 e. The first-order valence-electron chi connectivity index (χ1n) is 7.22. The smallest absolute Gasteiger partial charge is 0.0422 e. The van der Waals surface area contributed by atoms with Crippen molar-refractivity contribution >= 4 is 22.1 Å². The van der Waals surface area contributed by atoms with E-state index in [2.05, 4.69) is 44.1 Å². The van der Waals surface area contributed by atoms with E-state index in [1.54, 1.807) is 0 Å². The molecular formula is C17H23N3. The van der Waals surface area contributed by atoms with Crippen molar-refractivity contribution in [2.24, 2.45) is 16.7 Å². The van der Waals surface area contributed by atoms with Gasteiger partial charge in [0.05, 0.1) is 0 Å². The van der Waals surface area contributed by atoms with Gasteiger partial charge in [-0.2, -0.15) is 0 Å². The minimum absolute atomic E-state index is 0.408. The lowest BCUT2D eigenvalue weighted by Gasteiger charge is -2.12. The van der Waals surface area contributed by atoms with Gasteiger partial charge in [0, 0.05) is 41.1 Å². The lowest BCUT2D eigenvalue weighted by Crippen LogP contribution is -2.08. The average molecular weight is 269 g/mol. The van der Waals surface area contributed by atoms with E-state index in [0.29, 0.717) is 16.7 Å². The molecule has 20 heavy (non-hydrogen) atoms. The number of nitrogen functional groups attached to an aromatic ring is 1. The Balaban J connectivity index is 1.85. The van der Waals surface area contributed by atoms with Crippen LogP contribution >= 0.6 is 0 Å². The number of benzene rings is 1. The molecule has 0 spiro atoms. The molecule has 1 saturated carbocycles. The molecule has 106 valence electrons. The highest BCUT2D eigenvalue weighted by Crippen LogP contribution is 2.68. The van der Waals surface area contributed by atoms with Crippen LogP contribution < -0.4 is 11.1 Å². The third-order valence-electron chi connectivity index (χ3n) is 5.67. The molecule has 1 heterocycles. The Morgan fingerprint density at radius 1 is 1.10 bits per heavy atom. The minimum atomic E-state index is 0.408. The molecule has 1 fully saturated rings. The highest BCUT2D eigenvalue weighted by molar-refractivity contribution is 6.00. The first-order chi connectivity index (χ1) is 9.35. The number of nitrogens with two attached hydrogens (primary N) is 1. The molecule has 0 aliphatic heterocycles. The molecule has 0 bridgehead atoms. The summed E-state index contributed by atoms with van der Waals surface area (Å²) in [6, 6.07) is 6.05. The number of hydrogen-bond acceptors (Lipinski definition) is 3. The van der Waals surface area contributed by atoms with Crippen molar-refractivity contribution in [3.8, 4) is 0 Å². The van der Waals surface area contributed by atoms with Crippen LogP contribution in [0.3, 0.4) is 0 Å². The van der Waals surface area contributed by atoms with Gasteiger partial charge in [0.1, 0.15) is 0 Å².